The van der Waals surface area contributed by atoms with Gasteiger partial charge in [-0.25, -0.2) is 8.42 Å². The fourth-order valence-corrected chi connectivity index (χ4v) is 2.34. The second kappa shape index (κ2) is 4.91. The van der Waals surface area contributed by atoms with Crippen molar-refractivity contribution in [3.05, 3.63) is 35.4 Å². The molecule has 5 heteroatoms. The Hall–Kier alpha value is -1.38. The molecule has 80 valence electrons. The van der Waals surface area contributed by atoms with Crippen LogP contribution < -0.4 is 0 Å². The zero-order valence-electron chi connectivity index (χ0n) is 8.30. The van der Waals surface area contributed by atoms with Gasteiger partial charge in [0.1, 0.15) is 5.94 Å². The minimum absolute atomic E-state index is 0.101. The number of sulfone groups is 1. The highest BCUT2D eigenvalue weighted by Gasteiger charge is 2.11. The van der Waals surface area contributed by atoms with Crippen molar-refractivity contribution in [1.29, 1.82) is 5.26 Å². The normalized spacial score (nSPS) is 10.9. The molecule has 0 spiro atoms. The summed E-state index contributed by atoms with van der Waals surface area (Å²) in [5.74, 6) is -0.403. The Morgan fingerprint density at radius 1 is 1.47 bits per heavy atom. The van der Waals surface area contributed by atoms with Gasteiger partial charge in [-0.2, -0.15) is 5.26 Å². The molecule has 0 heterocycles. The molecule has 0 saturated carbocycles. The van der Waals surface area contributed by atoms with Crippen LogP contribution in [0.15, 0.2) is 24.3 Å². The Morgan fingerprint density at radius 2 is 2.20 bits per heavy atom. The lowest BCUT2D eigenvalue weighted by Crippen LogP contribution is -2.10. The lowest BCUT2D eigenvalue weighted by molar-refractivity contribution is 0.249. The fraction of sp³-hybridized carbons (Fsp3) is 0.300. The number of hydrogen-bond acceptors (Lipinski definition) is 4. The van der Waals surface area contributed by atoms with Crippen molar-refractivity contribution in [2.75, 3.05) is 13.0 Å². The van der Waals surface area contributed by atoms with E-state index in [1.165, 1.54) is 7.11 Å². The van der Waals surface area contributed by atoms with E-state index in [1.54, 1.807) is 24.3 Å². The van der Waals surface area contributed by atoms with Gasteiger partial charge >= 0.3 is 0 Å². The molecule has 0 aromatic heterocycles. The van der Waals surface area contributed by atoms with Crippen molar-refractivity contribution in [3.63, 3.8) is 0 Å². The first-order valence-electron chi connectivity index (χ1n) is 4.26. The SMILES string of the molecule is COCS(=O)(=O)Cc1cccc(C#N)c1. The fourth-order valence-electron chi connectivity index (χ4n) is 1.21. The van der Waals surface area contributed by atoms with E-state index >= 15 is 0 Å². The monoisotopic (exact) mass is 225 g/mol. The van der Waals surface area contributed by atoms with Crippen LogP contribution in [0.4, 0.5) is 0 Å². The van der Waals surface area contributed by atoms with E-state index in [-0.39, 0.29) is 11.7 Å². The quantitative estimate of drug-likeness (QED) is 0.769. The maximum Gasteiger partial charge on any atom is 0.178 e. The van der Waals surface area contributed by atoms with Crippen molar-refractivity contribution in [2.24, 2.45) is 0 Å². The molecule has 15 heavy (non-hydrogen) atoms. The molecule has 0 N–H and O–H groups in total. The molecule has 0 fully saturated rings. The zero-order valence-corrected chi connectivity index (χ0v) is 9.12. The first kappa shape index (κ1) is 11.7. The van der Waals surface area contributed by atoms with Crippen LogP contribution in [0.25, 0.3) is 0 Å². The van der Waals surface area contributed by atoms with Crippen molar-refractivity contribution >= 4 is 9.84 Å². The van der Waals surface area contributed by atoms with Crippen LogP contribution in [0.2, 0.25) is 0 Å². The first-order chi connectivity index (χ1) is 7.07. The Kier molecular flexibility index (Phi) is 3.83. The van der Waals surface area contributed by atoms with Gasteiger partial charge < -0.3 is 4.74 Å². The minimum atomic E-state index is -3.24. The number of hydrogen-bond donors (Lipinski definition) is 0. The Morgan fingerprint density at radius 3 is 2.80 bits per heavy atom. The zero-order chi connectivity index (χ0) is 11.3. The molecule has 1 aromatic rings. The average Bonchev–Trinajstić information content (AvgIpc) is 2.17. The van der Waals surface area contributed by atoms with Crippen LogP contribution in [0.5, 0.6) is 0 Å². The van der Waals surface area contributed by atoms with E-state index in [1.807, 2.05) is 6.07 Å². The summed E-state index contributed by atoms with van der Waals surface area (Å²) in [6.45, 7) is 0. The summed E-state index contributed by atoms with van der Waals surface area (Å²) in [5.41, 5.74) is 1.06. The van der Waals surface area contributed by atoms with Gasteiger partial charge in [-0.15, -0.1) is 0 Å². The van der Waals surface area contributed by atoms with Gasteiger partial charge in [0.15, 0.2) is 9.84 Å². The molecule has 0 bridgehead atoms. The summed E-state index contributed by atoms with van der Waals surface area (Å²) < 4.78 is 27.4. The molecule has 1 rings (SSSR count). The third kappa shape index (κ3) is 3.70. The first-order valence-corrected chi connectivity index (χ1v) is 6.08. The summed E-state index contributed by atoms with van der Waals surface area (Å²) in [4.78, 5) is 0. The Labute approximate surface area is 89.0 Å². The van der Waals surface area contributed by atoms with E-state index in [2.05, 4.69) is 4.74 Å². The lowest BCUT2D eigenvalue weighted by atomic mass is 10.2. The number of rotatable bonds is 4. The minimum Gasteiger partial charge on any atom is -0.369 e. The van der Waals surface area contributed by atoms with Crippen LogP contribution in [-0.2, 0) is 20.3 Å². The standard InChI is InChI=1S/C10H11NO3S/c1-14-8-15(12,13)7-10-4-2-3-9(5-10)6-11/h2-5H,7-8H2,1H3. The smallest absolute Gasteiger partial charge is 0.178 e. The van der Waals surface area contributed by atoms with Crippen molar-refractivity contribution in [1.82, 2.24) is 0 Å². The summed E-state index contributed by atoms with van der Waals surface area (Å²) in [5, 5.41) is 8.64. The van der Waals surface area contributed by atoms with Gasteiger partial charge in [-0.05, 0) is 17.7 Å². The molecule has 0 saturated heterocycles. The van der Waals surface area contributed by atoms with Gasteiger partial charge in [-0.1, -0.05) is 12.1 Å². The van der Waals surface area contributed by atoms with Crippen molar-refractivity contribution in [2.45, 2.75) is 5.75 Å². The van der Waals surface area contributed by atoms with Crippen molar-refractivity contribution < 1.29 is 13.2 Å². The summed E-state index contributed by atoms with van der Waals surface area (Å²) in [7, 11) is -1.90. The number of benzene rings is 1. The van der Waals surface area contributed by atoms with E-state index in [9.17, 15) is 8.42 Å². The summed E-state index contributed by atoms with van der Waals surface area (Å²) in [6.07, 6.45) is 0. The van der Waals surface area contributed by atoms with Gasteiger partial charge in [-0.3, -0.25) is 0 Å². The van der Waals surface area contributed by atoms with E-state index in [0.717, 1.165) is 0 Å². The number of nitrogens with zero attached hydrogens (tertiary/aromatic N) is 1. The molecule has 0 radical (unpaired) electrons. The molecular weight excluding hydrogens is 214 g/mol. The van der Waals surface area contributed by atoms with Crippen molar-refractivity contribution in [3.8, 4) is 6.07 Å². The third-order valence-electron chi connectivity index (χ3n) is 1.74. The van der Waals surface area contributed by atoms with E-state index in [4.69, 9.17) is 5.26 Å². The average molecular weight is 225 g/mol. The maximum absolute atomic E-state index is 11.4. The molecule has 0 atom stereocenters. The third-order valence-corrected chi connectivity index (χ3v) is 3.11. The van der Waals surface area contributed by atoms with Gasteiger partial charge in [0.25, 0.3) is 0 Å². The van der Waals surface area contributed by atoms with Crippen LogP contribution >= 0.6 is 0 Å². The topological polar surface area (TPSA) is 67.2 Å². The second-order valence-electron chi connectivity index (χ2n) is 3.11. The highest BCUT2D eigenvalue weighted by molar-refractivity contribution is 7.90. The molecule has 0 amide bonds. The van der Waals surface area contributed by atoms with Gasteiger partial charge in [0.2, 0.25) is 0 Å². The molecule has 0 aliphatic rings. The maximum atomic E-state index is 11.4. The highest BCUT2D eigenvalue weighted by atomic mass is 32.2. The molecule has 4 nitrogen and oxygen atoms in total. The van der Waals surface area contributed by atoms with E-state index < -0.39 is 9.84 Å². The number of nitriles is 1. The van der Waals surface area contributed by atoms with Gasteiger partial charge in [0, 0.05) is 7.11 Å². The van der Waals surface area contributed by atoms with E-state index in [0.29, 0.717) is 11.1 Å². The van der Waals surface area contributed by atoms with Crippen LogP contribution in [0.1, 0.15) is 11.1 Å². The highest BCUT2D eigenvalue weighted by Crippen LogP contribution is 2.09. The van der Waals surface area contributed by atoms with Gasteiger partial charge in [0.05, 0.1) is 17.4 Å². The predicted octanol–water partition coefficient (Wildman–Crippen LogP) is 1.08. The molecule has 0 unspecified atom stereocenters. The predicted molar refractivity (Wildman–Crippen MR) is 55.7 cm³/mol. The lowest BCUT2D eigenvalue weighted by Gasteiger charge is -2.03. The van der Waals surface area contributed by atoms with Crippen LogP contribution in [-0.4, -0.2) is 21.5 Å². The van der Waals surface area contributed by atoms with Crippen LogP contribution in [0, 0.1) is 11.3 Å². The molecule has 0 aliphatic heterocycles. The summed E-state index contributed by atoms with van der Waals surface area (Å²) >= 11 is 0. The largest absolute Gasteiger partial charge is 0.369 e. The molecular formula is C10H11NO3S. The summed E-state index contributed by atoms with van der Waals surface area (Å²) in [6, 6.07) is 8.49. The number of ether oxygens (including phenoxy) is 1. The Bertz CT molecular complexity index is 474. The molecule has 0 aliphatic carbocycles. The second-order valence-corrected chi connectivity index (χ2v) is 5.12. The molecule has 1 aromatic carbocycles. The number of methoxy groups -OCH3 is 1. The van der Waals surface area contributed by atoms with Crippen LogP contribution in [0.3, 0.4) is 0 Å². The Balaban J connectivity index is 2.86.